The first kappa shape index (κ1) is 23.4. The van der Waals surface area contributed by atoms with Gasteiger partial charge in [0.2, 0.25) is 0 Å². The second-order valence-corrected chi connectivity index (χ2v) is 13.3. The minimum atomic E-state index is -1.52. The summed E-state index contributed by atoms with van der Waals surface area (Å²) in [5, 5.41) is 0. The lowest BCUT2D eigenvalue weighted by molar-refractivity contribution is 0.222. The molecule has 0 atom stereocenters. The van der Waals surface area contributed by atoms with Crippen molar-refractivity contribution in [2.24, 2.45) is 5.41 Å². The molecule has 23 heavy (non-hydrogen) atoms. The largest absolute Gasteiger partial charge is 0.400 e. The summed E-state index contributed by atoms with van der Waals surface area (Å²) in [4.78, 5) is 0. The predicted octanol–water partition coefficient (Wildman–Crippen LogP) is 1.70. The van der Waals surface area contributed by atoms with Gasteiger partial charge in [-0.05, 0) is 42.8 Å². The first-order chi connectivity index (χ1) is 11.0. The molecule has 0 N–H and O–H groups in total. The monoisotopic (exact) mass is 384 g/mol. The van der Waals surface area contributed by atoms with E-state index in [-0.39, 0.29) is 5.41 Å². The zero-order valence-corrected chi connectivity index (χ0v) is 19.4. The molecule has 0 aromatic carbocycles. The van der Waals surface area contributed by atoms with Crippen LogP contribution in [-0.2, 0) is 26.6 Å². The highest BCUT2D eigenvalue weighted by atomic mass is 28.3. The van der Waals surface area contributed by atoms with Crippen LogP contribution in [0.3, 0.4) is 0 Å². The molecule has 0 saturated carbocycles. The van der Waals surface area contributed by atoms with Gasteiger partial charge in [0.1, 0.15) is 0 Å². The smallest absolute Gasteiger partial charge is 0.320 e. The lowest BCUT2D eigenvalue weighted by Crippen LogP contribution is -2.29. The molecule has 0 saturated heterocycles. The first-order valence-corrected chi connectivity index (χ1v) is 13.4. The minimum absolute atomic E-state index is 0.215. The summed E-state index contributed by atoms with van der Waals surface area (Å²) >= 11 is 0. The maximum absolute atomic E-state index is 5.47. The molecule has 0 fully saturated rings. The van der Waals surface area contributed by atoms with Crippen LogP contribution in [0.5, 0.6) is 0 Å². The van der Waals surface area contributed by atoms with Gasteiger partial charge in [-0.15, -0.1) is 0 Å². The van der Waals surface area contributed by atoms with Gasteiger partial charge in [-0.3, -0.25) is 0 Å². The zero-order chi connectivity index (χ0) is 17.7. The van der Waals surface area contributed by atoms with Gasteiger partial charge in [-0.1, -0.05) is 6.92 Å². The summed E-state index contributed by atoms with van der Waals surface area (Å²) < 4.78 is 32.8. The van der Waals surface area contributed by atoms with E-state index in [4.69, 9.17) is 26.6 Å². The second kappa shape index (κ2) is 13.7. The third kappa shape index (κ3) is 10.1. The Morgan fingerprint density at radius 1 is 0.522 bits per heavy atom. The third-order valence-electron chi connectivity index (χ3n) is 4.53. The Morgan fingerprint density at radius 2 is 0.739 bits per heavy atom. The van der Waals surface area contributed by atoms with Crippen LogP contribution in [0.2, 0.25) is 18.1 Å². The van der Waals surface area contributed by atoms with Crippen molar-refractivity contribution in [3.8, 4) is 0 Å². The Hall–Kier alpha value is 0.411. The highest BCUT2D eigenvalue weighted by Crippen LogP contribution is 2.37. The Morgan fingerprint density at radius 3 is 0.913 bits per heavy atom. The fraction of sp³-hybridized carbons (Fsp3) is 1.00. The molecule has 0 unspecified atom stereocenters. The van der Waals surface area contributed by atoms with Crippen LogP contribution in [0.1, 0.15) is 26.2 Å². The van der Waals surface area contributed by atoms with Gasteiger partial charge in [0.15, 0.2) is 0 Å². The summed E-state index contributed by atoms with van der Waals surface area (Å²) in [6.45, 7) is 2.34. The van der Waals surface area contributed by atoms with Crippen molar-refractivity contribution in [1.29, 1.82) is 0 Å². The molecule has 0 spiro atoms. The molecule has 0 aliphatic rings. The van der Waals surface area contributed by atoms with Crippen LogP contribution < -0.4 is 0 Å². The predicted molar refractivity (Wildman–Crippen MR) is 99.9 cm³/mol. The van der Waals surface area contributed by atoms with Crippen LogP contribution in [-0.4, -0.2) is 70.5 Å². The highest BCUT2D eigenvalue weighted by Gasteiger charge is 2.29. The Balaban J connectivity index is 4.66. The van der Waals surface area contributed by atoms with Gasteiger partial charge in [0.25, 0.3) is 0 Å². The van der Waals surface area contributed by atoms with Crippen molar-refractivity contribution in [2.45, 2.75) is 44.3 Å². The van der Waals surface area contributed by atoms with Crippen molar-refractivity contribution in [1.82, 2.24) is 0 Å². The zero-order valence-electron chi connectivity index (χ0n) is 15.9. The molecular formula is C14H36O6Si3. The van der Waals surface area contributed by atoms with Gasteiger partial charge in [-0.2, -0.15) is 0 Å². The third-order valence-corrected chi connectivity index (χ3v) is 9.96. The molecule has 0 bridgehead atoms. The maximum atomic E-state index is 5.47. The van der Waals surface area contributed by atoms with Crippen LogP contribution in [0.25, 0.3) is 0 Å². The molecule has 0 amide bonds. The van der Waals surface area contributed by atoms with E-state index in [0.717, 1.165) is 37.4 Å². The average Bonchev–Trinajstić information content (AvgIpc) is 2.57. The van der Waals surface area contributed by atoms with Crippen LogP contribution >= 0.6 is 0 Å². The van der Waals surface area contributed by atoms with E-state index in [1.165, 1.54) is 0 Å². The minimum Gasteiger partial charge on any atom is -0.400 e. The van der Waals surface area contributed by atoms with E-state index in [1.54, 1.807) is 42.7 Å². The van der Waals surface area contributed by atoms with Crippen molar-refractivity contribution in [3.63, 3.8) is 0 Å². The van der Waals surface area contributed by atoms with Crippen molar-refractivity contribution in [3.05, 3.63) is 0 Å². The summed E-state index contributed by atoms with van der Waals surface area (Å²) in [5.41, 5.74) is 0.215. The fourth-order valence-corrected chi connectivity index (χ4v) is 7.56. The molecule has 0 heterocycles. The summed E-state index contributed by atoms with van der Waals surface area (Å²) in [7, 11) is 5.90. The average molecular weight is 385 g/mol. The van der Waals surface area contributed by atoms with Crippen LogP contribution in [0, 0.1) is 5.41 Å². The molecule has 9 heteroatoms. The SMILES string of the molecule is CO[SiH](CCC(C)(CC[SiH](OC)OC)CC[SiH](OC)OC)OC. The summed E-state index contributed by atoms with van der Waals surface area (Å²) in [6, 6.07) is 3.05. The number of rotatable bonds is 15. The lowest BCUT2D eigenvalue weighted by Gasteiger charge is -2.32. The second-order valence-electron chi connectivity index (χ2n) is 6.13. The lowest BCUT2D eigenvalue weighted by atomic mass is 9.82. The molecule has 0 rings (SSSR count). The summed E-state index contributed by atoms with van der Waals surface area (Å²) in [5.74, 6) is 0. The number of hydrogen-bond acceptors (Lipinski definition) is 6. The topological polar surface area (TPSA) is 55.4 Å². The first-order valence-electron chi connectivity index (χ1n) is 8.15. The Kier molecular flexibility index (Phi) is 13.9. The van der Waals surface area contributed by atoms with Gasteiger partial charge in [0, 0.05) is 42.7 Å². The highest BCUT2D eigenvalue weighted by molar-refractivity contribution is 6.45. The van der Waals surface area contributed by atoms with E-state index in [2.05, 4.69) is 6.92 Å². The molecule has 0 aromatic heterocycles. The van der Waals surface area contributed by atoms with E-state index in [9.17, 15) is 0 Å². The van der Waals surface area contributed by atoms with Crippen LogP contribution in [0.4, 0.5) is 0 Å². The van der Waals surface area contributed by atoms with Gasteiger partial charge >= 0.3 is 27.9 Å². The van der Waals surface area contributed by atoms with Crippen molar-refractivity contribution < 1.29 is 26.6 Å². The van der Waals surface area contributed by atoms with E-state index >= 15 is 0 Å². The van der Waals surface area contributed by atoms with E-state index in [0.29, 0.717) is 0 Å². The summed E-state index contributed by atoms with van der Waals surface area (Å²) in [6.07, 6.45) is 3.28. The van der Waals surface area contributed by atoms with Gasteiger partial charge in [-0.25, -0.2) is 0 Å². The molecule has 0 radical (unpaired) electrons. The Bertz CT molecular complexity index is 232. The van der Waals surface area contributed by atoms with Crippen molar-refractivity contribution >= 4 is 27.9 Å². The normalized spacial score (nSPS) is 12.8. The standard InChI is InChI=1S/C14H36O6Si3/c1-14(8-11-21(15-2)16-3,9-12-22(17-4)18-5)10-13-23(19-6)20-7/h21-23H,8-13H2,1-7H3. The number of hydrogen-bond donors (Lipinski definition) is 0. The quantitative estimate of drug-likeness (QED) is 0.401. The molecule has 6 nitrogen and oxygen atoms in total. The van der Waals surface area contributed by atoms with Crippen LogP contribution in [0.15, 0.2) is 0 Å². The van der Waals surface area contributed by atoms with Gasteiger partial charge in [0.05, 0.1) is 0 Å². The molecule has 0 aromatic rings. The van der Waals surface area contributed by atoms with E-state index < -0.39 is 27.9 Å². The molecule has 0 aliphatic heterocycles. The molecule has 0 aliphatic carbocycles. The van der Waals surface area contributed by atoms with Crippen molar-refractivity contribution in [2.75, 3.05) is 42.7 Å². The maximum Gasteiger partial charge on any atom is 0.320 e. The molecular weight excluding hydrogens is 348 g/mol. The molecule has 140 valence electrons. The fourth-order valence-electron chi connectivity index (χ4n) is 2.77. The Labute approximate surface area is 147 Å². The van der Waals surface area contributed by atoms with Gasteiger partial charge < -0.3 is 26.6 Å². The van der Waals surface area contributed by atoms with E-state index in [1.807, 2.05) is 0 Å².